The van der Waals surface area contributed by atoms with Crippen LogP contribution in [0, 0.1) is 6.92 Å². The van der Waals surface area contributed by atoms with Crippen molar-refractivity contribution in [1.82, 2.24) is 14.7 Å². The molecule has 0 bridgehead atoms. The van der Waals surface area contributed by atoms with Gasteiger partial charge in [0, 0.05) is 13.1 Å². The number of nitrogens with one attached hydrogen (secondary N) is 1. The standard InChI is InChI=1S/C22H21ClN4O2/c1-15-7-9-16(10-8-15)14-26-12-11-18(21(26)28)25-19-13-24-27(22(29)20(19)23)17-5-3-2-4-6-17/h2-10,13,18,25H,11-12,14H2,1H3. The van der Waals surface area contributed by atoms with Gasteiger partial charge >= 0.3 is 0 Å². The van der Waals surface area contributed by atoms with Gasteiger partial charge in [-0.1, -0.05) is 59.6 Å². The lowest BCUT2D eigenvalue weighted by molar-refractivity contribution is -0.128. The number of carbonyl (C=O) groups is 1. The molecule has 1 atom stereocenters. The maximum Gasteiger partial charge on any atom is 0.292 e. The predicted molar refractivity (Wildman–Crippen MR) is 113 cm³/mol. The van der Waals surface area contributed by atoms with Crippen LogP contribution in [0.4, 0.5) is 5.69 Å². The molecule has 1 aliphatic rings. The highest BCUT2D eigenvalue weighted by Gasteiger charge is 2.32. The third kappa shape index (κ3) is 4.03. The Morgan fingerprint density at radius 3 is 2.55 bits per heavy atom. The minimum Gasteiger partial charge on any atom is -0.371 e. The first kappa shape index (κ1) is 19.2. The van der Waals surface area contributed by atoms with Crippen molar-refractivity contribution >= 4 is 23.2 Å². The number of hydrogen-bond acceptors (Lipinski definition) is 4. The SMILES string of the molecule is Cc1ccc(CN2CCC(Nc3cnn(-c4ccccc4)c(=O)c3Cl)C2=O)cc1. The maximum atomic E-state index is 12.8. The van der Waals surface area contributed by atoms with Crippen LogP contribution in [0.5, 0.6) is 0 Å². The van der Waals surface area contributed by atoms with E-state index in [0.29, 0.717) is 30.9 Å². The Kier molecular flexibility index (Phi) is 5.36. The summed E-state index contributed by atoms with van der Waals surface area (Å²) in [7, 11) is 0. The zero-order chi connectivity index (χ0) is 20.4. The van der Waals surface area contributed by atoms with Gasteiger partial charge in [-0.3, -0.25) is 9.59 Å². The Morgan fingerprint density at radius 1 is 1.10 bits per heavy atom. The lowest BCUT2D eigenvalue weighted by Crippen LogP contribution is -2.34. The molecule has 2 heterocycles. The Labute approximate surface area is 173 Å². The van der Waals surface area contributed by atoms with Crippen LogP contribution in [0.25, 0.3) is 5.69 Å². The second-order valence-electron chi connectivity index (χ2n) is 7.16. The van der Waals surface area contributed by atoms with Gasteiger partial charge in [-0.15, -0.1) is 0 Å². The molecule has 1 aromatic heterocycles. The second-order valence-corrected chi connectivity index (χ2v) is 7.53. The lowest BCUT2D eigenvalue weighted by atomic mass is 10.1. The number of anilines is 1. The molecule has 148 valence electrons. The molecule has 0 aliphatic carbocycles. The number of benzene rings is 2. The molecular formula is C22H21ClN4O2. The summed E-state index contributed by atoms with van der Waals surface area (Å²) in [6, 6.07) is 16.8. The number of para-hydroxylation sites is 1. The topological polar surface area (TPSA) is 67.2 Å². The fourth-order valence-electron chi connectivity index (χ4n) is 3.42. The van der Waals surface area contributed by atoms with Crippen LogP contribution in [-0.4, -0.2) is 33.2 Å². The molecule has 1 unspecified atom stereocenters. The number of aromatic nitrogens is 2. The van der Waals surface area contributed by atoms with E-state index in [1.54, 1.807) is 12.1 Å². The first-order chi connectivity index (χ1) is 14.0. The molecule has 1 saturated heterocycles. The van der Waals surface area contributed by atoms with E-state index in [9.17, 15) is 9.59 Å². The largest absolute Gasteiger partial charge is 0.371 e. The zero-order valence-corrected chi connectivity index (χ0v) is 16.8. The number of halogens is 1. The molecular weight excluding hydrogens is 388 g/mol. The number of hydrogen-bond donors (Lipinski definition) is 1. The van der Waals surface area contributed by atoms with Gasteiger partial charge in [0.1, 0.15) is 11.1 Å². The number of carbonyl (C=O) groups excluding carboxylic acids is 1. The van der Waals surface area contributed by atoms with Crippen LogP contribution < -0.4 is 10.9 Å². The molecule has 2 aromatic carbocycles. The second kappa shape index (κ2) is 8.09. The summed E-state index contributed by atoms with van der Waals surface area (Å²) in [6.45, 7) is 3.25. The summed E-state index contributed by atoms with van der Waals surface area (Å²) in [5, 5.41) is 7.33. The summed E-state index contributed by atoms with van der Waals surface area (Å²) in [6.07, 6.45) is 2.13. The lowest BCUT2D eigenvalue weighted by Gasteiger charge is -2.18. The normalized spacial score (nSPS) is 16.3. The van der Waals surface area contributed by atoms with Crippen molar-refractivity contribution in [3.05, 3.63) is 87.3 Å². The fourth-order valence-corrected chi connectivity index (χ4v) is 3.60. The van der Waals surface area contributed by atoms with Crippen LogP contribution in [0.1, 0.15) is 17.5 Å². The van der Waals surface area contributed by atoms with Crippen LogP contribution in [-0.2, 0) is 11.3 Å². The number of rotatable bonds is 5. The maximum absolute atomic E-state index is 12.8. The molecule has 7 heteroatoms. The number of nitrogens with zero attached hydrogens (tertiary/aromatic N) is 3. The quantitative estimate of drug-likeness (QED) is 0.702. The third-order valence-electron chi connectivity index (χ3n) is 5.04. The summed E-state index contributed by atoms with van der Waals surface area (Å²) in [5.74, 6) is -0.00567. The van der Waals surface area contributed by atoms with Gasteiger partial charge < -0.3 is 10.2 Å². The van der Waals surface area contributed by atoms with Crippen molar-refractivity contribution in [2.45, 2.75) is 25.9 Å². The molecule has 1 aliphatic heterocycles. The van der Waals surface area contributed by atoms with E-state index >= 15 is 0 Å². The summed E-state index contributed by atoms with van der Waals surface area (Å²) in [4.78, 5) is 27.2. The molecule has 1 amide bonds. The van der Waals surface area contributed by atoms with E-state index in [-0.39, 0.29) is 10.9 Å². The Morgan fingerprint density at radius 2 is 1.83 bits per heavy atom. The van der Waals surface area contributed by atoms with E-state index in [1.165, 1.54) is 16.4 Å². The van der Waals surface area contributed by atoms with Crippen molar-refractivity contribution in [3.8, 4) is 5.69 Å². The van der Waals surface area contributed by atoms with Crippen molar-refractivity contribution < 1.29 is 4.79 Å². The smallest absolute Gasteiger partial charge is 0.292 e. The number of likely N-dealkylation sites (tertiary alicyclic amines) is 1. The van der Waals surface area contributed by atoms with Gasteiger partial charge in [0.25, 0.3) is 5.56 Å². The molecule has 0 saturated carbocycles. The monoisotopic (exact) mass is 408 g/mol. The van der Waals surface area contributed by atoms with Gasteiger partial charge in [-0.25, -0.2) is 0 Å². The average Bonchev–Trinajstić information content (AvgIpc) is 3.07. The van der Waals surface area contributed by atoms with E-state index in [1.807, 2.05) is 54.3 Å². The van der Waals surface area contributed by atoms with Gasteiger partial charge in [0.05, 0.1) is 17.6 Å². The first-order valence-corrected chi connectivity index (χ1v) is 9.85. The van der Waals surface area contributed by atoms with Gasteiger partial charge in [0.2, 0.25) is 5.91 Å². The van der Waals surface area contributed by atoms with Crippen molar-refractivity contribution in [3.63, 3.8) is 0 Å². The molecule has 29 heavy (non-hydrogen) atoms. The van der Waals surface area contributed by atoms with E-state index in [0.717, 1.165) is 5.56 Å². The fraction of sp³-hybridized carbons (Fsp3) is 0.227. The Hall–Kier alpha value is -3.12. The highest BCUT2D eigenvalue weighted by Crippen LogP contribution is 2.23. The van der Waals surface area contributed by atoms with Crippen molar-refractivity contribution in [1.29, 1.82) is 0 Å². The minimum absolute atomic E-state index is 0.00567. The molecule has 3 aromatic rings. The molecule has 0 radical (unpaired) electrons. The highest BCUT2D eigenvalue weighted by molar-refractivity contribution is 6.33. The van der Waals surface area contributed by atoms with Crippen molar-refractivity contribution in [2.75, 3.05) is 11.9 Å². The molecule has 6 nitrogen and oxygen atoms in total. The van der Waals surface area contributed by atoms with Crippen molar-refractivity contribution in [2.24, 2.45) is 0 Å². The summed E-state index contributed by atoms with van der Waals surface area (Å²) in [5.41, 5.74) is 2.86. The number of amides is 1. The summed E-state index contributed by atoms with van der Waals surface area (Å²) < 4.78 is 1.24. The Bertz CT molecular complexity index is 1080. The van der Waals surface area contributed by atoms with Gasteiger partial charge in [0.15, 0.2) is 0 Å². The van der Waals surface area contributed by atoms with E-state index < -0.39 is 11.6 Å². The molecule has 0 spiro atoms. The molecule has 4 rings (SSSR count). The van der Waals surface area contributed by atoms with Crippen LogP contribution in [0.3, 0.4) is 0 Å². The molecule has 1 fully saturated rings. The molecule has 1 N–H and O–H groups in total. The van der Waals surface area contributed by atoms with Crippen LogP contribution >= 0.6 is 11.6 Å². The zero-order valence-electron chi connectivity index (χ0n) is 16.0. The predicted octanol–water partition coefficient (Wildman–Crippen LogP) is 3.41. The third-order valence-corrected chi connectivity index (χ3v) is 5.41. The van der Waals surface area contributed by atoms with E-state index in [2.05, 4.69) is 10.4 Å². The van der Waals surface area contributed by atoms with Gasteiger partial charge in [-0.2, -0.15) is 9.78 Å². The van der Waals surface area contributed by atoms with Gasteiger partial charge in [-0.05, 0) is 31.0 Å². The number of aryl methyl sites for hydroxylation is 1. The van der Waals surface area contributed by atoms with E-state index in [4.69, 9.17) is 11.6 Å². The first-order valence-electron chi connectivity index (χ1n) is 9.47. The van der Waals surface area contributed by atoms with Crippen LogP contribution in [0.2, 0.25) is 5.02 Å². The Balaban J connectivity index is 1.48. The average molecular weight is 409 g/mol. The highest BCUT2D eigenvalue weighted by atomic mass is 35.5. The minimum atomic E-state index is -0.426. The van der Waals surface area contributed by atoms with Crippen LogP contribution in [0.15, 0.2) is 65.6 Å². The summed E-state index contributed by atoms with van der Waals surface area (Å²) >= 11 is 6.29.